The molecule has 0 radical (unpaired) electrons. The number of rotatable bonds is 36. The Morgan fingerprint density at radius 3 is 1.13 bits per heavy atom. The first-order chi connectivity index (χ1) is 22.3. The fourth-order valence-corrected chi connectivity index (χ4v) is 3.65. The number of ether oxygens (including phenoxy) is 13. The minimum atomic E-state index is -0.188. The first kappa shape index (κ1) is 42.0. The third-order valence-corrected chi connectivity index (χ3v) is 5.96. The van der Waals surface area contributed by atoms with Crippen molar-refractivity contribution in [3.05, 3.63) is 0 Å². The summed E-state index contributed by atoms with van der Waals surface area (Å²) in [5.74, 6) is -0.188. The number of carbonyl (C=O) groups excluding carboxylic acids is 1. The Bertz CT molecular complexity index is 595. The van der Waals surface area contributed by atoms with Gasteiger partial charge in [0.2, 0.25) is 0 Å². The predicted octanol–water partition coefficient (Wildman–Crippen LogP) is 2.04. The fraction of sp³-hybridized carbons (Fsp3) is 0.968. The molecule has 1 heterocycles. The molecule has 0 aromatic rings. The van der Waals surface area contributed by atoms with Gasteiger partial charge in [-0.05, 0) is 25.7 Å². The third kappa shape index (κ3) is 32.7. The van der Waals surface area contributed by atoms with Gasteiger partial charge in [-0.2, -0.15) is 0 Å². The molecule has 0 spiro atoms. The molecule has 0 aromatic carbocycles. The molecule has 14 heteroatoms. The van der Waals surface area contributed by atoms with Crippen LogP contribution in [0, 0.1) is 0 Å². The molecule has 0 bridgehead atoms. The molecule has 14 nitrogen and oxygen atoms in total. The van der Waals surface area contributed by atoms with E-state index < -0.39 is 0 Å². The van der Waals surface area contributed by atoms with Crippen LogP contribution in [0.3, 0.4) is 0 Å². The van der Waals surface area contributed by atoms with Crippen molar-refractivity contribution < 1.29 is 66.4 Å². The molecule has 0 saturated carbocycles. The standard InChI is InChI=1S/C31H60O14/c1-2-5-30(32)43-28-26-41-24-22-39-20-18-37-16-14-35-12-10-33-8-9-34-11-13-36-15-17-38-19-21-40-23-25-42-27-29-45-31-6-3-4-7-44-31/h31H,2-29H2,1H3. The van der Waals surface area contributed by atoms with Gasteiger partial charge in [-0.15, -0.1) is 0 Å². The lowest BCUT2D eigenvalue weighted by molar-refractivity contribution is -0.169. The normalized spacial score (nSPS) is 15.1. The highest BCUT2D eigenvalue weighted by molar-refractivity contribution is 5.69. The summed E-state index contributed by atoms with van der Waals surface area (Å²) in [6.45, 7) is 13.5. The van der Waals surface area contributed by atoms with Gasteiger partial charge >= 0.3 is 5.97 Å². The van der Waals surface area contributed by atoms with Gasteiger partial charge in [0, 0.05) is 13.0 Å². The van der Waals surface area contributed by atoms with Gasteiger partial charge in [0.05, 0.1) is 139 Å². The lowest BCUT2D eigenvalue weighted by atomic mass is 10.2. The first-order valence-electron chi connectivity index (χ1n) is 16.5. The van der Waals surface area contributed by atoms with E-state index in [0.29, 0.717) is 145 Å². The van der Waals surface area contributed by atoms with Gasteiger partial charge in [0.25, 0.3) is 0 Å². The minimum Gasteiger partial charge on any atom is -0.463 e. The van der Waals surface area contributed by atoms with E-state index in [1.54, 1.807) is 0 Å². The average molecular weight is 657 g/mol. The summed E-state index contributed by atoms with van der Waals surface area (Å²) >= 11 is 0. The summed E-state index contributed by atoms with van der Waals surface area (Å²) in [6.07, 6.45) is 4.41. The molecular weight excluding hydrogens is 596 g/mol. The lowest BCUT2D eigenvalue weighted by Gasteiger charge is -2.22. The van der Waals surface area contributed by atoms with Crippen LogP contribution in [0.5, 0.6) is 0 Å². The molecule has 1 atom stereocenters. The summed E-state index contributed by atoms with van der Waals surface area (Å²) in [5.41, 5.74) is 0. The van der Waals surface area contributed by atoms with Crippen LogP contribution in [0.2, 0.25) is 0 Å². The second-order valence-electron chi connectivity index (χ2n) is 9.76. The maximum absolute atomic E-state index is 11.2. The molecule has 0 amide bonds. The molecule has 1 saturated heterocycles. The molecule has 1 rings (SSSR count). The number of carbonyl (C=O) groups is 1. The van der Waals surface area contributed by atoms with Crippen molar-refractivity contribution in [3.63, 3.8) is 0 Å². The molecule has 1 unspecified atom stereocenters. The van der Waals surface area contributed by atoms with E-state index in [4.69, 9.17) is 61.6 Å². The molecule has 0 aromatic heterocycles. The van der Waals surface area contributed by atoms with Gasteiger partial charge < -0.3 is 61.6 Å². The molecular formula is C31H60O14. The maximum Gasteiger partial charge on any atom is 0.305 e. The Hall–Kier alpha value is -1.01. The van der Waals surface area contributed by atoms with Crippen molar-refractivity contribution >= 4 is 5.97 Å². The van der Waals surface area contributed by atoms with Crippen molar-refractivity contribution in [1.29, 1.82) is 0 Å². The van der Waals surface area contributed by atoms with E-state index in [1.165, 1.54) is 0 Å². The SMILES string of the molecule is CCCC(=O)OCCOCCOCCOCCOCCOCCOCCOCCOCCOCCOCCOC1CCCCO1. The van der Waals surface area contributed by atoms with Crippen LogP contribution >= 0.6 is 0 Å². The van der Waals surface area contributed by atoms with Gasteiger partial charge in [-0.25, -0.2) is 0 Å². The van der Waals surface area contributed by atoms with Crippen molar-refractivity contribution in [2.24, 2.45) is 0 Å². The quantitative estimate of drug-likeness (QED) is 0.0718. The summed E-state index contributed by atoms with van der Waals surface area (Å²) in [4.78, 5) is 11.2. The highest BCUT2D eigenvalue weighted by Gasteiger charge is 2.13. The number of hydrogen-bond acceptors (Lipinski definition) is 14. The van der Waals surface area contributed by atoms with E-state index in [2.05, 4.69) is 0 Å². The Kier molecular flexibility index (Phi) is 33.5. The van der Waals surface area contributed by atoms with Crippen LogP contribution in [0.4, 0.5) is 0 Å². The summed E-state index contributed by atoms with van der Waals surface area (Å²) in [5, 5.41) is 0. The second-order valence-corrected chi connectivity index (χ2v) is 9.76. The maximum atomic E-state index is 11.2. The third-order valence-electron chi connectivity index (χ3n) is 5.96. The zero-order valence-electron chi connectivity index (χ0n) is 27.6. The molecule has 1 fully saturated rings. The summed E-state index contributed by atoms with van der Waals surface area (Å²) in [7, 11) is 0. The number of hydrogen-bond donors (Lipinski definition) is 0. The van der Waals surface area contributed by atoms with E-state index >= 15 is 0 Å². The summed E-state index contributed by atoms with van der Waals surface area (Å²) < 4.78 is 70.6. The molecule has 45 heavy (non-hydrogen) atoms. The lowest BCUT2D eigenvalue weighted by Crippen LogP contribution is -2.24. The minimum absolute atomic E-state index is 0.0679. The fourth-order valence-electron chi connectivity index (χ4n) is 3.65. The van der Waals surface area contributed by atoms with E-state index in [1.807, 2.05) is 6.92 Å². The molecule has 1 aliphatic heterocycles. The van der Waals surface area contributed by atoms with Gasteiger partial charge in [0.1, 0.15) is 6.61 Å². The Balaban J connectivity index is 1.61. The Morgan fingerprint density at radius 2 is 0.822 bits per heavy atom. The predicted molar refractivity (Wildman–Crippen MR) is 164 cm³/mol. The Morgan fingerprint density at radius 1 is 0.489 bits per heavy atom. The van der Waals surface area contributed by atoms with Crippen molar-refractivity contribution in [3.8, 4) is 0 Å². The Labute approximate surface area is 269 Å². The van der Waals surface area contributed by atoms with Crippen LogP contribution in [-0.2, 0) is 66.4 Å². The molecule has 0 N–H and O–H groups in total. The zero-order chi connectivity index (χ0) is 32.1. The van der Waals surface area contributed by atoms with Gasteiger partial charge in [0.15, 0.2) is 6.29 Å². The van der Waals surface area contributed by atoms with Crippen LogP contribution in [-0.4, -0.2) is 164 Å². The van der Waals surface area contributed by atoms with Crippen molar-refractivity contribution in [2.45, 2.75) is 45.3 Å². The van der Waals surface area contributed by atoms with Crippen LogP contribution in [0.15, 0.2) is 0 Å². The molecule has 1 aliphatic rings. The van der Waals surface area contributed by atoms with E-state index in [9.17, 15) is 4.79 Å². The van der Waals surface area contributed by atoms with Crippen molar-refractivity contribution in [2.75, 3.05) is 152 Å². The van der Waals surface area contributed by atoms with Crippen molar-refractivity contribution in [1.82, 2.24) is 0 Å². The highest BCUT2D eigenvalue weighted by Crippen LogP contribution is 2.13. The highest BCUT2D eigenvalue weighted by atomic mass is 16.7. The van der Waals surface area contributed by atoms with Crippen LogP contribution in [0.25, 0.3) is 0 Å². The van der Waals surface area contributed by atoms with Gasteiger partial charge in [-0.3, -0.25) is 4.79 Å². The zero-order valence-corrected chi connectivity index (χ0v) is 27.6. The van der Waals surface area contributed by atoms with Crippen LogP contribution < -0.4 is 0 Å². The molecule has 268 valence electrons. The average Bonchev–Trinajstić information content (AvgIpc) is 3.05. The smallest absolute Gasteiger partial charge is 0.305 e. The largest absolute Gasteiger partial charge is 0.463 e. The van der Waals surface area contributed by atoms with Crippen LogP contribution in [0.1, 0.15) is 39.0 Å². The van der Waals surface area contributed by atoms with E-state index in [-0.39, 0.29) is 18.9 Å². The number of esters is 1. The van der Waals surface area contributed by atoms with Gasteiger partial charge in [-0.1, -0.05) is 6.92 Å². The topological polar surface area (TPSA) is 137 Å². The first-order valence-corrected chi connectivity index (χ1v) is 16.5. The van der Waals surface area contributed by atoms with E-state index in [0.717, 1.165) is 32.3 Å². The monoisotopic (exact) mass is 656 g/mol. The second kappa shape index (κ2) is 35.8. The molecule has 0 aliphatic carbocycles. The summed E-state index contributed by atoms with van der Waals surface area (Å²) in [6, 6.07) is 0.